The maximum absolute atomic E-state index is 13.2. The maximum atomic E-state index is 13.2. The lowest BCUT2D eigenvalue weighted by atomic mass is 10.1. The molecule has 26 heavy (non-hydrogen) atoms. The van der Waals surface area contributed by atoms with Gasteiger partial charge in [0, 0.05) is 45.5 Å². The molecule has 0 aliphatic carbocycles. The van der Waals surface area contributed by atoms with Crippen molar-refractivity contribution in [1.29, 1.82) is 0 Å². The van der Waals surface area contributed by atoms with E-state index >= 15 is 0 Å². The Bertz CT molecular complexity index is 714. The number of benzene rings is 2. The van der Waals surface area contributed by atoms with E-state index in [4.69, 9.17) is 0 Å². The van der Waals surface area contributed by atoms with E-state index < -0.39 is 0 Å². The zero-order valence-electron chi connectivity index (χ0n) is 15.3. The Hall–Kier alpha value is -2.24. The summed E-state index contributed by atoms with van der Waals surface area (Å²) in [7, 11) is 1.83. The molecule has 4 nitrogen and oxygen atoms in total. The molecule has 1 aliphatic heterocycles. The summed E-state index contributed by atoms with van der Waals surface area (Å²) in [5.41, 5.74) is 1.96. The maximum Gasteiger partial charge on any atom is 0.240 e. The number of carbonyl (C=O) groups excluding carboxylic acids is 1. The third-order valence-electron chi connectivity index (χ3n) is 4.95. The molecule has 1 saturated heterocycles. The minimum absolute atomic E-state index is 0.115. The second-order valence-electron chi connectivity index (χ2n) is 6.79. The number of para-hydroxylation sites is 1. The van der Waals surface area contributed by atoms with Gasteiger partial charge in [-0.15, -0.1) is 0 Å². The molecule has 1 amide bonds. The molecule has 0 aromatic heterocycles. The first kappa shape index (κ1) is 18.5. The first-order valence-corrected chi connectivity index (χ1v) is 9.12. The number of amides is 1. The molecular weight excluding hydrogens is 329 g/mol. The summed E-state index contributed by atoms with van der Waals surface area (Å²) in [6.07, 6.45) is 0.855. The number of anilines is 1. The molecule has 0 saturated carbocycles. The van der Waals surface area contributed by atoms with Crippen molar-refractivity contribution >= 4 is 11.6 Å². The summed E-state index contributed by atoms with van der Waals surface area (Å²) < 4.78 is 13.2. The van der Waals surface area contributed by atoms with Gasteiger partial charge in [0.1, 0.15) is 5.82 Å². The van der Waals surface area contributed by atoms with E-state index in [0.717, 1.165) is 50.4 Å². The standard InChI is InChI=1S/C21H26FN3O/c1-23(20-8-3-2-4-9-20)21(26)17-25-14-12-24(13-15-25)11-10-18-6-5-7-19(22)16-18/h2-9,16H,10-15,17H2,1H3. The smallest absolute Gasteiger partial charge is 0.240 e. The number of hydrogen-bond donors (Lipinski definition) is 0. The van der Waals surface area contributed by atoms with Crippen LogP contribution < -0.4 is 4.90 Å². The van der Waals surface area contributed by atoms with Crippen LogP contribution >= 0.6 is 0 Å². The second kappa shape index (κ2) is 8.92. The molecule has 0 atom stereocenters. The van der Waals surface area contributed by atoms with E-state index in [1.807, 2.05) is 43.4 Å². The minimum atomic E-state index is -0.173. The number of carbonyl (C=O) groups is 1. The van der Waals surface area contributed by atoms with Crippen LogP contribution in [0.15, 0.2) is 54.6 Å². The van der Waals surface area contributed by atoms with Crippen LogP contribution in [0.2, 0.25) is 0 Å². The van der Waals surface area contributed by atoms with Crippen molar-refractivity contribution < 1.29 is 9.18 Å². The minimum Gasteiger partial charge on any atom is -0.314 e. The van der Waals surface area contributed by atoms with Crippen molar-refractivity contribution in [1.82, 2.24) is 9.80 Å². The van der Waals surface area contributed by atoms with Crippen molar-refractivity contribution in [2.45, 2.75) is 6.42 Å². The van der Waals surface area contributed by atoms with E-state index in [1.54, 1.807) is 17.0 Å². The van der Waals surface area contributed by atoms with Gasteiger partial charge in [-0.05, 0) is 36.2 Å². The van der Waals surface area contributed by atoms with Gasteiger partial charge in [0.05, 0.1) is 6.54 Å². The summed E-state index contributed by atoms with van der Waals surface area (Å²) in [4.78, 5) is 18.8. The van der Waals surface area contributed by atoms with Gasteiger partial charge >= 0.3 is 0 Å². The average molecular weight is 355 g/mol. The lowest BCUT2D eigenvalue weighted by Gasteiger charge is -2.35. The third kappa shape index (κ3) is 5.13. The van der Waals surface area contributed by atoms with E-state index in [1.165, 1.54) is 6.07 Å². The molecule has 0 spiro atoms. The van der Waals surface area contributed by atoms with E-state index in [9.17, 15) is 9.18 Å². The zero-order valence-corrected chi connectivity index (χ0v) is 15.3. The van der Waals surface area contributed by atoms with Crippen molar-refractivity contribution in [3.8, 4) is 0 Å². The normalized spacial score (nSPS) is 15.8. The molecule has 0 bridgehead atoms. The highest BCUT2D eigenvalue weighted by molar-refractivity contribution is 5.94. The Labute approximate surface area is 154 Å². The van der Waals surface area contributed by atoms with Crippen LogP contribution in [0.5, 0.6) is 0 Å². The molecule has 5 heteroatoms. The predicted molar refractivity (Wildman–Crippen MR) is 103 cm³/mol. The van der Waals surface area contributed by atoms with Crippen LogP contribution in [0.4, 0.5) is 10.1 Å². The lowest BCUT2D eigenvalue weighted by Crippen LogP contribution is -2.50. The van der Waals surface area contributed by atoms with Gasteiger partial charge in [-0.2, -0.15) is 0 Å². The molecule has 1 heterocycles. The number of nitrogens with zero attached hydrogens (tertiary/aromatic N) is 3. The number of likely N-dealkylation sites (N-methyl/N-ethyl adjacent to an activating group) is 1. The van der Waals surface area contributed by atoms with Crippen LogP contribution in [0, 0.1) is 5.82 Å². The fourth-order valence-corrected chi connectivity index (χ4v) is 3.24. The molecule has 3 rings (SSSR count). The summed E-state index contributed by atoms with van der Waals surface area (Å²) in [5, 5.41) is 0. The highest BCUT2D eigenvalue weighted by Gasteiger charge is 2.20. The number of halogens is 1. The van der Waals surface area contributed by atoms with Crippen molar-refractivity contribution in [2.24, 2.45) is 0 Å². The molecule has 138 valence electrons. The average Bonchev–Trinajstić information content (AvgIpc) is 2.67. The highest BCUT2D eigenvalue weighted by atomic mass is 19.1. The molecular formula is C21H26FN3O. The summed E-state index contributed by atoms with van der Waals surface area (Å²) in [6, 6.07) is 16.5. The largest absolute Gasteiger partial charge is 0.314 e. The Morgan fingerprint density at radius 1 is 1.00 bits per heavy atom. The van der Waals surface area contributed by atoms with Crippen LogP contribution in [0.1, 0.15) is 5.56 Å². The Morgan fingerprint density at radius 3 is 2.38 bits per heavy atom. The van der Waals surface area contributed by atoms with E-state index in [0.29, 0.717) is 6.54 Å². The first-order valence-electron chi connectivity index (χ1n) is 9.12. The van der Waals surface area contributed by atoms with Crippen LogP contribution in [-0.4, -0.2) is 62.0 Å². The van der Waals surface area contributed by atoms with Crippen molar-refractivity contribution in [3.05, 3.63) is 66.0 Å². The Balaban J connectivity index is 1.41. The van der Waals surface area contributed by atoms with Gasteiger partial charge in [-0.3, -0.25) is 9.69 Å². The van der Waals surface area contributed by atoms with Crippen molar-refractivity contribution in [3.63, 3.8) is 0 Å². The predicted octanol–water partition coefficient (Wildman–Crippen LogP) is 2.65. The van der Waals surface area contributed by atoms with Gasteiger partial charge in [-0.1, -0.05) is 30.3 Å². The summed E-state index contributed by atoms with van der Waals surface area (Å²) in [5.74, 6) is -0.0576. The van der Waals surface area contributed by atoms with Gasteiger partial charge < -0.3 is 9.80 Å². The SMILES string of the molecule is CN(C(=O)CN1CCN(CCc2cccc(F)c2)CC1)c1ccccc1. The van der Waals surface area contributed by atoms with Crippen LogP contribution in [-0.2, 0) is 11.2 Å². The highest BCUT2D eigenvalue weighted by Crippen LogP contribution is 2.12. The van der Waals surface area contributed by atoms with Crippen LogP contribution in [0.25, 0.3) is 0 Å². The molecule has 1 aliphatic rings. The van der Waals surface area contributed by atoms with Crippen molar-refractivity contribution in [2.75, 3.05) is 51.2 Å². The quantitative estimate of drug-likeness (QED) is 0.797. The molecule has 0 unspecified atom stereocenters. The molecule has 1 fully saturated rings. The molecule has 2 aromatic carbocycles. The number of rotatable bonds is 6. The fourth-order valence-electron chi connectivity index (χ4n) is 3.24. The summed E-state index contributed by atoms with van der Waals surface area (Å²) >= 11 is 0. The van der Waals surface area contributed by atoms with Gasteiger partial charge in [-0.25, -0.2) is 4.39 Å². The van der Waals surface area contributed by atoms with Gasteiger partial charge in [0.15, 0.2) is 0 Å². The lowest BCUT2D eigenvalue weighted by molar-refractivity contribution is -0.119. The van der Waals surface area contributed by atoms with E-state index in [-0.39, 0.29) is 11.7 Å². The summed E-state index contributed by atoms with van der Waals surface area (Å²) in [6.45, 7) is 5.03. The zero-order chi connectivity index (χ0) is 18.4. The molecule has 0 N–H and O–H groups in total. The third-order valence-corrected chi connectivity index (χ3v) is 4.95. The fraction of sp³-hybridized carbons (Fsp3) is 0.381. The van der Waals surface area contributed by atoms with Gasteiger partial charge in [0.2, 0.25) is 5.91 Å². The first-order chi connectivity index (χ1) is 12.6. The molecule has 0 radical (unpaired) electrons. The Kier molecular flexibility index (Phi) is 6.36. The monoisotopic (exact) mass is 355 g/mol. The number of hydrogen-bond acceptors (Lipinski definition) is 3. The van der Waals surface area contributed by atoms with Gasteiger partial charge in [0.25, 0.3) is 0 Å². The topological polar surface area (TPSA) is 26.8 Å². The second-order valence-corrected chi connectivity index (χ2v) is 6.79. The number of piperazine rings is 1. The van der Waals surface area contributed by atoms with Crippen LogP contribution in [0.3, 0.4) is 0 Å². The molecule has 2 aromatic rings. The van der Waals surface area contributed by atoms with E-state index in [2.05, 4.69) is 9.80 Å². The Morgan fingerprint density at radius 2 is 1.69 bits per heavy atom.